The third kappa shape index (κ3) is 2.69. The van der Waals surface area contributed by atoms with Gasteiger partial charge < -0.3 is 10.1 Å². The van der Waals surface area contributed by atoms with E-state index in [1.54, 1.807) is 0 Å². The third-order valence-electron chi connectivity index (χ3n) is 4.11. The maximum absolute atomic E-state index is 5.78. The van der Waals surface area contributed by atoms with Crippen molar-refractivity contribution in [2.75, 3.05) is 18.5 Å². The van der Waals surface area contributed by atoms with Gasteiger partial charge in [-0.15, -0.1) is 0 Å². The number of hydrogen-bond donors (Lipinski definition) is 1. The molecular weight excluding hydrogens is 260 g/mol. The molecule has 2 aromatic rings. The number of fused-ring (bicyclic) bond motifs is 2. The number of benzene rings is 1. The minimum atomic E-state index is 0.676. The number of ether oxygens (including phenoxy) is 1. The number of pyridine rings is 1. The monoisotopic (exact) mass is 284 g/mol. The molecule has 0 saturated carbocycles. The molecule has 3 nitrogen and oxygen atoms in total. The number of aromatic nitrogens is 1. The van der Waals surface area contributed by atoms with E-state index in [2.05, 4.69) is 24.4 Å². The van der Waals surface area contributed by atoms with Gasteiger partial charge >= 0.3 is 0 Å². The largest absolute Gasteiger partial charge is 0.492 e. The molecule has 3 rings (SSSR count). The lowest BCUT2D eigenvalue weighted by Crippen LogP contribution is -2.12. The van der Waals surface area contributed by atoms with E-state index < -0.39 is 0 Å². The Labute approximate surface area is 126 Å². The summed E-state index contributed by atoms with van der Waals surface area (Å²) < 4.78 is 5.78. The van der Waals surface area contributed by atoms with E-state index in [1.165, 1.54) is 35.2 Å². The van der Waals surface area contributed by atoms with E-state index in [9.17, 15) is 0 Å². The zero-order chi connectivity index (χ0) is 14.7. The fraction of sp³-hybridized carbons (Fsp3) is 0.500. The Morgan fingerprint density at radius 3 is 2.86 bits per heavy atom. The van der Waals surface area contributed by atoms with Crippen molar-refractivity contribution >= 4 is 16.6 Å². The molecule has 3 heteroatoms. The summed E-state index contributed by atoms with van der Waals surface area (Å²) in [5.74, 6) is 0.905. The Bertz CT molecular complexity index is 637. The van der Waals surface area contributed by atoms with Gasteiger partial charge in [0.2, 0.25) is 0 Å². The van der Waals surface area contributed by atoms with Crippen LogP contribution in [0.15, 0.2) is 18.2 Å². The fourth-order valence-corrected chi connectivity index (χ4v) is 3.14. The van der Waals surface area contributed by atoms with Crippen LogP contribution in [0.1, 0.15) is 44.4 Å². The van der Waals surface area contributed by atoms with Gasteiger partial charge in [0.1, 0.15) is 11.3 Å². The highest BCUT2D eigenvalue weighted by atomic mass is 16.5. The van der Waals surface area contributed by atoms with Crippen molar-refractivity contribution in [1.29, 1.82) is 0 Å². The molecule has 0 radical (unpaired) electrons. The summed E-state index contributed by atoms with van der Waals surface area (Å²) >= 11 is 0. The molecule has 0 unspecified atom stereocenters. The lowest BCUT2D eigenvalue weighted by atomic mass is 9.92. The maximum atomic E-state index is 5.78. The first-order valence-corrected chi connectivity index (χ1v) is 8.16. The Kier molecular flexibility index (Phi) is 4.28. The minimum Gasteiger partial charge on any atom is -0.492 e. The summed E-state index contributed by atoms with van der Waals surface area (Å²) in [5, 5.41) is 4.84. The summed E-state index contributed by atoms with van der Waals surface area (Å²) in [4.78, 5) is 4.94. The predicted molar refractivity (Wildman–Crippen MR) is 88.3 cm³/mol. The van der Waals surface area contributed by atoms with Crippen molar-refractivity contribution in [1.82, 2.24) is 4.98 Å². The molecule has 21 heavy (non-hydrogen) atoms. The highest BCUT2D eigenvalue weighted by Gasteiger charge is 2.19. The standard InChI is InChI=1S/C18H24N2O/c1-3-12-19-17-13-8-5-6-10-15(13)20-18-14(17)9-7-11-16(18)21-4-2/h7,9,11H,3-6,8,10,12H2,1-2H3,(H,19,20). The van der Waals surface area contributed by atoms with E-state index in [1.807, 2.05) is 13.0 Å². The lowest BCUT2D eigenvalue weighted by molar-refractivity contribution is 0.343. The van der Waals surface area contributed by atoms with Gasteiger partial charge in [-0.25, -0.2) is 4.98 Å². The molecule has 0 atom stereocenters. The molecule has 1 N–H and O–H groups in total. The molecule has 1 heterocycles. The zero-order valence-corrected chi connectivity index (χ0v) is 13.0. The molecule has 0 bridgehead atoms. The van der Waals surface area contributed by atoms with E-state index >= 15 is 0 Å². The smallest absolute Gasteiger partial charge is 0.145 e. The van der Waals surface area contributed by atoms with E-state index in [0.29, 0.717) is 6.61 Å². The quantitative estimate of drug-likeness (QED) is 0.887. The van der Waals surface area contributed by atoms with Gasteiger partial charge in [-0.1, -0.05) is 19.1 Å². The molecule has 0 spiro atoms. The second kappa shape index (κ2) is 6.33. The molecule has 1 aliphatic rings. The highest BCUT2D eigenvalue weighted by molar-refractivity contribution is 5.97. The normalized spacial score (nSPS) is 14.0. The summed E-state index contributed by atoms with van der Waals surface area (Å²) in [6.07, 6.45) is 5.88. The molecule has 0 fully saturated rings. The van der Waals surface area contributed by atoms with Gasteiger partial charge in [0.15, 0.2) is 0 Å². The minimum absolute atomic E-state index is 0.676. The second-order valence-corrected chi connectivity index (χ2v) is 5.63. The first kappa shape index (κ1) is 14.2. The van der Waals surface area contributed by atoms with Gasteiger partial charge in [0.05, 0.1) is 6.61 Å². The van der Waals surface area contributed by atoms with Crippen LogP contribution >= 0.6 is 0 Å². The SMILES string of the molecule is CCCNc1c2c(nc3c(OCC)cccc13)CCCC2. The van der Waals surface area contributed by atoms with Crippen LogP contribution in [0.25, 0.3) is 10.9 Å². The topological polar surface area (TPSA) is 34.2 Å². The van der Waals surface area contributed by atoms with Crippen molar-refractivity contribution in [3.05, 3.63) is 29.5 Å². The first-order chi connectivity index (χ1) is 10.3. The van der Waals surface area contributed by atoms with Gasteiger partial charge in [-0.3, -0.25) is 0 Å². The van der Waals surface area contributed by atoms with Crippen LogP contribution in [-0.4, -0.2) is 18.1 Å². The van der Waals surface area contributed by atoms with Crippen LogP contribution in [0.2, 0.25) is 0 Å². The number of hydrogen-bond acceptors (Lipinski definition) is 3. The lowest BCUT2D eigenvalue weighted by Gasteiger charge is -2.22. The van der Waals surface area contributed by atoms with Crippen LogP contribution in [0.3, 0.4) is 0 Å². The number of rotatable bonds is 5. The van der Waals surface area contributed by atoms with E-state index in [-0.39, 0.29) is 0 Å². The first-order valence-electron chi connectivity index (χ1n) is 8.16. The third-order valence-corrected chi connectivity index (χ3v) is 4.11. The van der Waals surface area contributed by atoms with Crippen molar-refractivity contribution < 1.29 is 4.74 Å². The molecule has 0 saturated heterocycles. The zero-order valence-electron chi connectivity index (χ0n) is 13.0. The average molecular weight is 284 g/mol. The second-order valence-electron chi connectivity index (χ2n) is 5.63. The van der Waals surface area contributed by atoms with Gasteiger partial charge in [0.25, 0.3) is 0 Å². The van der Waals surface area contributed by atoms with Gasteiger partial charge in [-0.2, -0.15) is 0 Å². The molecule has 0 aliphatic heterocycles. The molecule has 1 aliphatic carbocycles. The average Bonchev–Trinajstić information content (AvgIpc) is 2.52. The van der Waals surface area contributed by atoms with Crippen molar-refractivity contribution in [2.24, 2.45) is 0 Å². The number of nitrogens with one attached hydrogen (secondary N) is 1. The van der Waals surface area contributed by atoms with Crippen molar-refractivity contribution in [3.8, 4) is 5.75 Å². The molecule has 0 amide bonds. The van der Waals surface area contributed by atoms with Crippen molar-refractivity contribution in [2.45, 2.75) is 46.0 Å². The number of para-hydroxylation sites is 1. The molecule has 112 valence electrons. The Balaban J connectivity index is 2.20. The molecule has 1 aromatic carbocycles. The Morgan fingerprint density at radius 1 is 1.19 bits per heavy atom. The van der Waals surface area contributed by atoms with Crippen LogP contribution in [0.5, 0.6) is 5.75 Å². The number of aryl methyl sites for hydroxylation is 1. The summed E-state index contributed by atoms with van der Waals surface area (Å²) in [5.41, 5.74) is 4.99. The van der Waals surface area contributed by atoms with Crippen LogP contribution in [0, 0.1) is 0 Å². The maximum Gasteiger partial charge on any atom is 0.145 e. The van der Waals surface area contributed by atoms with Crippen molar-refractivity contribution in [3.63, 3.8) is 0 Å². The molecular formula is C18H24N2O. The van der Waals surface area contributed by atoms with E-state index in [0.717, 1.165) is 37.1 Å². The number of anilines is 1. The van der Waals surface area contributed by atoms with Gasteiger partial charge in [0, 0.05) is 23.3 Å². The highest BCUT2D eigenvalue weighted by Crippen LogP contribution is 2.36. The fourth-order valence-electron chi connectivity index (χ4n) is 3.14. The van der Waals surface area contributed by atoms with Crippen LogP contribution in [0.4, 0.5) is 5.69 Å². The molecule has 1 aromatic heterocycles. The van der Waals surface area contributed by atoms with Crippen LogP contribution < -0.4 is 10.1 Å². The summed E-state index contributed by atoms with van der Waals surface area (Å²) in [7, 11) is 0. The Morgan fingerprint density at radius 2 is 2.05 bits per heavy atom. The van der Waals surface area contributed by atoms with Gasteiger partial charge in [-0.05, 0) is 50.7 Å². The number of nitrogens with zero attached hydrogens (tertiary/aromatic N) is 1. The predicted octanol–water partition coefficient (Wildman–Crippen LogP) is 4.33. The summed E-state index contributed by atoms with van der Waals surface area (Å²) in [6, 6.07) is 6.26. The van der Waals surface area contributed by atoms with E-state index in [4.69, 9.17) is 9.72 Å². The Hall–Kier alpha value is -1.77. The van der Waals surface area contributed by atoms with Crippen LogP contribution in [-0.2, 0) is 12.8 Å². The summed E-state index contributed by atoms with van der Waals surface area (Å²) in [6.45, 7) is 5.90.